The summed E-state index contributed by atoms with van der Waals surface area (Å²) < 4.78 is 5.46. The Labute approximate surface area is 117 Å². The fourth-order valence-corrected chi connectivity index (χ4v) is 2.25. The topological polar surface area (TPSA) is 38.5 Å². The van der Waals surface area contributed by atoms with Crippen molar-refractivity contribution in [2.45, 2.75) is 39.8 Å². The third-order valence-electron chi connectivity index (χ3n) is 3.84. The van der Waals surface area contributed by atoms with E-state index >= 15 is 0 Å². The van der Waals surface area contributed by atoms with Crippen molar-refractivity contribution in [3.63, 3.8) is 0 Å². The normalized spacial score (nSPS) is 14.7. The van der Waals surface area contributed by atoms with Crippen LogP contribution in [-0.2, 0) is 0 Å². The molecule has 0 spiro atoms. The quantitative estimate of drug-likeness (QED) is 0.822. The van der Waals surface area contributed by atoms with Crippen LogP contribution in [0.4, 0.5) is 0 Å². The summed E-state index contributed by atoms with van der Waals surface area (Å²) in [7, 11) is 1.72. The molecule has 19 heavy (non-hydrogen) atoms. The average Bonchev–Trinajstić information content (AvgIpc) is 2.43. The van der Waals surface area contributed by atoms with Gasteiger partial charge in [-0.25, -0.2) is 0 Å². The number of methoxy groups -OCH3 is 1. The third kappa shape index (κ3) is 4.22. The van der Waals surface area contributed by atoms with Gasteiger partial charge in [-0.15, -0.1) is 0 Å². The number of benzene rings is 1. The number of likely N-dealkylation sites (N-methyl/N-ethyl adjacent to an activating group) is 1. The van der Waals surface area contributed by atoms with Crippen LogP contribution in [0.25, 0.3) is 0 Å². The van der Waals surface area contributed by atoms with Crippen molar-refractivity contribution < 1.29 is 4.74 Å². The van der Waals surface area contributed by atoms with E-state index in [-0.39, 0.29) is 6.04 Å². The Morgan fingerprint density at radius 1 is 1.21 bits per heavy atom. The number of nitrogens with two attached hydrogens (primary N) is 1. The molecule has 0 bridgehead atoms. The highest BCUT2D eigenvalue weighted by Gasteiger charge is 2.20. The molecule has 3 heteroatoms. The van der Waals surface area contributed by atoms with Crippen LogP contribution in [0.5, 0.6) is 5.75 Å². The summed E-state index contributed by atoms with van der Waals surface area (Å²) in [5.74, 6) is 1.45. The second kappa shape index (κ2) is 7.51. The van der Waals surface area contributed by atoms with Gasteiger partial charge in [-0.3, -0.25) is 4.90 Å². The van der Waals surface area contributed by atoms with Crippen molar-refractivity contribution in [3.05, 3.63) is 29.8 Å². The standard InChI is InChI=1S/C16H28N2O/c1-6-18(11-15(17)12(2)3)13(4)14-9-7-8-10-16(14)19-5/h7-10,12-13,15H,6,11,17H2,1-5H3/t13-,15+/m0/s1. The van der Waals surface area contributed by atoms with Gasteiger partial charge in [-0.05, 0) is 25.5 Å². The number of hydrogen-bond acceptors (Lipinski definition) is 3. The molecule has 0 heterocycles. The summed E-state index contributed by atoms with van der Waals surface area (Å²) in [6.45, 7) is 10.6. The van der Waals surface area contributed by atoms with E-state index in [1.807, 2.05) is 12.1 Å². The summed E-state index contributed by atoms with van der Waals surface area (Å²) in [5.41, 5.74) is 7.43. The Balaban J connectivity index is 2.86. The molecule has 0 aliphatic heterocycles. The van der Waals surface area contributed by atoms with Crippen LogP contribution in [0.2, 0.25) is 0 Å². The van der Waals surface area contributed by atoms with E-state index in [4.69, 9.17) is 10.5 Å². The highest BCUT2D eigenvalue weighted by atomic mass is 16.5. The van der Waals surface area contributed by atoms with Gasteiger partial charge in [0.05, 0.1) is 7.11 Å². The van der Waals surface area contributed by atoms with Gasteiger partial charge in [0.25, 0.3) is 0 Å². The van der Waals surface area contributed by atoms with Crippen molar-refractivity contribution in [2.24, 2.45) is 11.7 Å². The zero-order valence-corrected chi connectivity index (χ0v) is 12.9. The molecule has 0 amide bonds. The number of hydrogen-bond donors (Lipinski definition) is 1. The number of nitrogens with zero attached hydrogens (tertiary/aromatic N) is 1. The first-order valence-corrected chi connectivity index (χ1v) is 7.13. The Morgan fingerprint density at radius 2 is 1.84 bits per heavy atom. The average molecular weight is 264 g/mol. The van der Waals surface area contributed by atoms with E-state index in [0.29, 0.717) is 12.0 Å². The molecule has 1 aromatic carbocycles. The van der Waals surface area contributed by atoms with Crippen LogP contribution in [0.3, 0.4) is 0 Å². The molecular formula is C16H28N2O. The van der Waals surface area contributed by atoms with Crippen molar-refractivity contribution >= 4 is 0 Å². The minimum Gasteiger partial charge on any atom is -0.496 e. The maximum atomic E-state index is 6.21. The van der Waals surface area contributed by atoms with Crippen molar-refractivity contribution in [3.8, 4) is 5.75 Å². The Hall–Kier alpha value is -1.06. The van der Waals surface area contributed by atoms with Crippen molar-refractivity contribution in [2.75, 3.05) is 20.2 Å². The summed E-state index contributed by atoms with van der Waals surface area (Å²) in [4.78, 5) is 2.41. The molecular weight excluding hydrogens is 236 g/mol. The molecule has 0 fully saturated rings. The van der Waals surface area contributed by atoms with Gasteiger partial charge in [-0.1, -0.05) is 39.0 Å². The number of ether oxygens (including phenoxy) is 1. The Bertz CT molecular complexity index is 379. The fraction of sp³-hybridized carbons (Fsp3) is 0.625. The van der Waals surface area contributed by atoms with Crippen LogP contribution in [-0.4, -0.2) is 31.1 Å². The summed E-state index contributed by atoms with van der Waals surface area (Å²) >= 11 is 0. The lowest BCUT2D eigenvalue weighted by molar-refractivity contribution is 0.191. The first-order chi connectivity index (χ1) is 9.01. The lowest BCUT2D eigenvalue weighted by Gasteiger charge is -2.32. The molecule has 0 aliphatic rings. The Kier molecular flexibility index (Phi) is 6.32. The SMILES string of the molecule is CCN(C[C@@H](N)C(C)C)[C@@H](C)c1ccccc1OC. The van der Waals surface area contributed by atoms with E-state index in [2.05, 4.69) is 44.7 Å². The maximum absolute atomic E-state index is 6.21. The van der Waals surface area contributed by atoms with Crippen LogP contribution >= 0.6 is 0 Å². The zero-order valence-electron chi connectivity index (χ0n) is 12.9. The monoisotopic (exact) mass is 264 g/mol. The molecule has 0 aliphatic carbocycles. The minimum atomic E-state index is 0.206. The van der Waals surface area contributed by atoms with E-state index in [9.17, 15) is 0 Å². The van der Waals surface area contributed by atoms with Gasteiger partial charge in [0, 0.05) is 24.2 Å². The van der Waals surface area contributed by atoms with Gasteiger partial charge < -0.3 is 10.5 Å². The van der Waals surface area contributed by atoms with Crippen molar-refractivity contribution in [1.82, 2.24) is 4.90 Å². The molecule has 0 saturated carbocycles. The van der Waals surface area contributed by atoms with Crippen LogP contribution < -0.4 is 10.5 Å². The number of rotatable bonds is 7. The highest BCUT2D eigenvalue weighted by Crippen LogP contribution is 2.28. The van der Waals surface area contributed by atoms with E-state index in [1.165, 1.54) is 5.56 Å². The molecule has 0 radical (unpaired) electrons. The zero-order chi connectivity index (χ0) is 14.4. The number of para-hydroxylation sites is 1. The molecule has 0 aromatic heterocycles. The van der Waals surface area contributed by atoms with Gasteiger partial charge >= 0.3 is 0 Å². The molecule has 1 rings (SSSR count). The second-order valence-corrected chi connectivity index (χ2v) is 5.41. The first kappa shape index (κ1) is 16.0. The van der Waals surface area contributed by atoms with E-state index in [0.717, 1.165) is 18.8 Å². The van der Waals surface area contributed by atoms with Crippen LogP contribution in [0, 0.1) is 5.92 Å². The first-order valence-electron chi connectivity index (χ1n) is 7.13. The summed E-state index contributed by atoms with van der Waals surface area (Å²) in [5, 5.41) is 0. The minimum absolute atomic E-state index is 0.206. The van der Waals surface area contributed by atoms with E-state index in [1.54, 1.807) is 7.11 Å². The summed E-state index contributed by atoms with van der Waals surface area (Å²) in [6, 6.07) is 8.73. The predicted molar refractivity (Wildman–Crippen MR) is 81.5 cm³/mol. The van der Waals surface area contributed by atoms with Gasteiger partial charge in [0.15, 0.2) is 0 Å². The Morgan fingerprint density at radius 3 is 2.37 bits per heavy atom. The summed E-state index contributed by atoms with van der Waals surface area (Å²) in [6.07, 6.45) is 0. The van der Waals surface area contributed by atoms with Gasteiger partial charge in [-0.2, -0.15) is 0 Å². The molecule has 1 aromatic rings. The smallest absolute Gasteiger partial charge is 0.123 e. The largest absolute Gasteiger partial charge is 0.496 e. The van der Waals surface area contributed by atoms with Crippen LogP contribution in [0.1, 0.15) is 39.3 Å². The molecule has 0 saturated heterocycles. The fourth-order valence-electron chi connectivity index (χ4n) is 2.25. The van der Waals surface area contributed by atoms with Gasteiger partial charge in [0.2, 0.25) is 0 Å². The third-order valence-corrected chi connectivity index (χ3v) is 3.84. The molecule has 2 N–H and O–H groups in total. The molecule has 3 nitrogen and oxygen atoms in total. The van der Waals surface area contributed by atoms with Crippen LogP contribution in [0.15, 0.2) is 24.3 Å². The lowest BCUT2D eigenvalue weighted by Crippen LogP contribution is -2.41. The van der Waals surface area contributed by atoms with Crippen molar-refractivity contribution in [1.29, 1.82) is 0 Å². The van der Waals surface area contributed by atoms with E-state index < -0.39 is 0 Å². The molecule has 108 valence electrons. The molecule has 2 atom stereocenters. The van der Waals surface area contributed by atoms with Gasteiger partial charge in [0.1, 0.15) is 5.75 Å². The second-order valence-electron chi connectivity index (χ2n) is 5.41. The maximum Gasteiger partial charge on any atom is 0.123 e. The highest BCUT2D eigenvalue weighted by molar-refractivity contribution is 5.35. The molecule has 0 unspecified atom stereocenters. The lowest BCUT2D eigenvalue weighted by atomic mass is 10.0. The predicted octanol–water partition coefficient (Wildman–Crippen LogP) is 3.06.